The van der Waals surface area contributed by atoms with E-state index in [1.54, 1.807) is 50.9 Å². The summed E-state index contributed by atoms with van der Waals surface area (Å²) < 4.78 is 15.0. The molecule has 6 aromatic heterocycles. The normalized spacial score (nSPS) is 15.5. The van der Waals surface area contributed by atoms with Crippen molar-refractivity contribution in [2.75, 3.05) is 37.6 Å². The van der Waals surface area contributed by atoms with Gasteiger partial charge >= 0.3 is 5.97 Å². The lowest BCUT2D eigenvalue weighted by atomic mass is 10.1. The van der Waals surface area contributed by atoms with Crippen molar-refractivity contribution in [2.24, 2.45) is 0 Å². The van der Waals surface area contributed by atoms with Gasteiger partial charge < -0.3 is 36.3 Å². The third kappa shape index (κ3) is 10.5. The van der Waals surface area contributed by atoms with E-state index in [1.807, 2.05) is 60.7 Å². The van der Waals surface area contributed by atoms with Crippen LogP contribution in [0.2, 0.25) is 0 Å². The van der Waals surface area contributed by atoms with Crippen molar-refractivity contribution in [3.63, 3.8) is 0 Å². The molecule has 0 bridgehead atoms. The van der Waals surface area contributed by atoms with E-state index in [-0.39, 0.29) is 40.7 Å². The fraction of sp³-hybridized carbons (Fsp3) is 0.208. The summed E-state index contributed by atoms with van der Waals surface area (Å²) in [6.45, 7) is 9.34. The highest BCUT2D eigenvalue weighted by Gasteiger charge is 2.29. The molecule has 10 rings (SSSR count). The van der Waals surface area contributed by atoms with E-state index >= 15 is 0 Å². The molecule has 8 aromatic rings. The lowest BCUT2D eigenvalue weighted by molar-refractivity contribution is -0.131. The van der Waals surface area contributed by atoms with Crippen molar-refractivity contribution in [1.29, 1.82) is 0 Å². The number of H-pyrrole nitrogens is 2. The lowest BCUT2D eigenvalue weighted by Gasteiger charge is -2.32. The minimum atomic E-state index is -0.981. The number of benzene rings is 2. The Morgan fingerprint density at radius 1 is 0.696 bits per heavy atom. The first-order chi connectivity index (χ1) is 33.5. The quantitative estimate of drug-likeness (QED) is 0.0904. The Morgan fingerprint density at radius 3 is 1.62 bits per heavy atom. The lowest BCUT2D eigenvalue weighted by Crippen LogP contribution is -2.40. The first-order valence-electron chi connectivity index (χ1n) is 21.9. The average molecular weight is 933 g/mol. The number of nitrogens with zero attached hydrogens (tertiary/aromatic N) is 9. The van der Waals surface area contributed by atoms with Gasteiger partial charge in [-0.1, -0.05) is 25.3 Å². The van der Waals surface area contributed by atoms with E-state index in [2.05, 4.69) is 48.8 Å². The Labute approximate surface area is 393 Å². The van der Waals surface area contributed by atoms with Crippen LogP contribution in [0.3, 0.4) is 0 Å². The zero-order chi connectivity index (χ0) is 48.4. The molecule has 0 unspecified atom stereocenters. The number of anilines is 2. The van der Waals surface area contributed by atoms with Crippen LogP contribution < -0.4 is 37.4 Å². The number of fused-ring (bicyclic) bond motifs is 2. The fourth-order valence-electron chi connectivity index (χ4n) is 8.11. The van der Waals surface area contributed by atoms with Gasteiger partial charge in [0, 0.05) is 61.4 Å². The summed E-state index contributed by atoms with van der Waals surface area (Å²) in [6, 6.07) is 25.6. The van der Waals surface area contributed by atoms with Gasteiger partial charge in [0.25, 0.3) is 11.1 Å². The largest absolute Gasteiger partial charge is 0.478 e. The number of carboxylic acids is 1. The first kappa shape index (κ1) is 46.5. The van der Waals surface area contributed by atoms with Crippen LogP contribution in [0.25, 0.3) is 44.3 Å². The number of likely N-dealkylation sites (tertiary alicyclic amines) is 1. The van der Waals surface area contributed by atoms with Crippen molar-refractivity contribution < 1.29 is 24.2 Å². The van der Waals surface area contributed by atoms with Gasteiger partial charge in [0.2, 0.25) is 17.7 Å². The Hall–Kier alpha value is -8.98. The van der Waals surface area contributed by atoms with Gasteiger partial charge in [0.05, 0.1) is 22.9 Å². The molecular formula is C48H48N14O7. The topological polar surface area (TPSA) is 293 Å². The molecule has 0 spiro atoms. The summed E-state index contributed by atoms with van der Waals surface area (Å²) >= 11 is 0. The second kappa shape index (κ2) is 21.1. The molecule has 21 nitrogen and oxygen atoms in total. The molecule has 0 aliphatic carbocycles. The second-order valence-corrected chi connectivity index (χ2v) is 15.8. The molecule has 2 aliphatic rings. The van der Waals surface area contributed by atoms with Crippen LogP contribution in [0.1, 0.15) is 37.8 Å². The number of aliphatic carboxylic acids is 1. The summed E-state index contributed by atoms with van der Waals surface area (Å²) in [6.07, 6.45) is 9.01. The monoisotopic (exact) mass is 932 g/mol. The molecular weight excluding hydrogens is 885 g/mol. The number of carbonyl (C=O) groups is 2. The fourth-order valence-corrected chi connectivity index (χ4v) is 8.11. The summed E-state index contributed by atoms with van der Waals surface area (Å²) in [5.74, 6) is 1.58. The number of nitrogen functional groups attached to an aromatic ring is 2. The highest BCUT2D eigenvalue weighted by atomic mass is 16.5. The number of pyridine rings is 2. The molecule has 0 radical (unpaired) electrons. The molecule has 0 saturated carbocycles. The van der Waals surface area contributed by atoms with Crippen molar-refractivity contribution in [3.8, 4) is 45.8 Å². The number of carboxylic acid groups (broad SMARTS) is 1. The first-order valence-corrected chi connectivity index (χ1v) is 21.9. The minimum absolute atomic E-state index is 0.0876. The Kier molecular flexibility index (Phi) is 14.2. The maximum Gasteiger partial charge on any atom is 0.327 e. The SMILES string of the molecule is C=CC(=O)N1CCC[C@@H](n2nc(-c3ccc(Oc4ccccn4)cc3)c3c(N)n[nH]c(=O)c32)C1.C=CC(=O)O.Nc1n[nH]c(=O)c2c1c(-c1ccc(Oc3ccccn3)cc1)nn2[C@@H]1CCCNC1. The summed E-state index contributed by atoms with van der Waals surface area (Å²) in [5, 5.41) is 34.5. The Balaban J connectivity index is 0.000000171. The van der Waals surface area contributed by atoms with Gasteiger partial charge in [-0.15, -0.1) is 0 Å². The van der Waals surface area contributed by atoms with Crippen LogP contribution in [-0.2, 0) is 9.59 Å². The molecule has 2 aliphatic heterocycles. The molecule has 2 aromatic carbocycles. The van der Waals surface area contributed by atoms with E-state index in [0.717, 1.165) is 56.0 Å². The average Bonchev–Trinajstić information content (AvgIpc) is 4.01. The zero-order valence-electron chi connectivity index (χ0n) is 37.2. The highest BCUT2D eigenvalue weighted by molar-refractivity contribution is 6.00. The number of hydrogen-bond donors (Lipinski definition) is 6. The summed E-state index contributed by atoms with van der Waals surface area (Å²) in [7, 11) is 0. The number of ether oxygens (including phenoxy) is 2. The predicted octanol–water partition coefficient (Wildman–Crippen LogP) is 5.64. The van der Waals surface area contributed by atoms with Gasteiger partial charge in [-0.3, -0.25) is 23.7 Å². The molecule has 8 heterocycles. The van der Waals surface area contributed by atoms with E-state index in [9.17, 15) is 19.2 Å². The number of nitrogens with two attached hydrogens (primary N) is 2. The van der Waals surface area contributed by atoms with Crippen molar-refractivity contribution in [2.45, 2.75) is 37.8 Å². The maximum absolute atomic E-state index is 12.8. The number of piperidine rings is 2. The third-order valence-corrected chi connectivity index (χ3v) is 11.3. The number of hydrogen-bond acceptors (Lipinski definition) is 15. The maximum atomic E-state index is 12.8. The van der Waals surface area contributed by atoms with Crippen molar-refractivity contribution in [1.82, 2.24) is 60.1 Å². The molecule has 69 heavy (non-hydrogen) atoms. The summed E-state index contributed by atoms with van der Waals surface area (Å²) in [4.78, 5) is 56.9. The van der Waals surface area contributed by atoms with E-state index < -0.39 is 5.97 Å². The van der Waals surface area contributed by atoms with Crippen molar-refractivity contribution in [3.05, 3.63) is 143 Å². The summed E-state index contributed by atoms with van der Waals surface area (Å²) in [5.41, 5.74) is 15.2. The molecule has 2 saturated heterocycles. The van der Waals surface area contributed by atoms with Crippen LogP contribution in [0.5, 0.6) is 23.3 Å². The van der Waals surface area contributed by atoms with Gasteiger partial charge in [-0.25, -0.2) is 25.0 Å². The highest BCUT2D eigenvalue weighted by Crippen LogP contribution is 2.36. The van der Waals surface area contributed by atoms with Gasteiger partial charge in [-0.2, -0.15) is 20.4 Å². The number of aromatic nitrogens is 10. The number of amides is 1. The molecule has 21 heteroatoms. The third-order valence-electron chi connectivity index (χ3n) is 11.3. The van der Waals surface area contributed by atoms with Gasteiger partial charge in [0.15, 0.2) is 11.6 Å². The van der Waals surface area contributed by atoms with Crippen LogP contribution in [-0.4, -0.2) is 98.0 Å². The van der Waals surface area contributed by atoms with Crippen LogP contribution >= 0.6 is 0 Å². The Bertz CT molecular complexity index is 3220. The predicted molar refractivity (Wildman–Crippen MR) is 259 cm³/mol. The van der Waals surface area contributed by atoms with Gasteiger partial charge in [-0.05, 0) is 99.0 Å². The standard InChI is InChI=1S/C24H23N7O3.C21H21N7O2.C3H4O2/c1-2-19(32)30-13-5-6-16(14-30)31-22-20(23(25)27-28-24(22)33)21(29-31)15-8-10-17(11-9-15)34-18-7-3-4-12-26-18;22-20-17-18(13-6-8-15(9-7-13)30-16-5-1-2-11-24-16)27-28(14-4-3-10-23-12-14)19(17)21(29)26-25-20;1-2-3(4)5/h2-4,7-12,16H,1,5-6,13-14H2,(H2,25,27)(H,28,33);1-2,5-9,11,14,23H,3-4,10,12H2,(H2,22,25)(H,26,29);2H,1H2,(H,4,5)/t16-;14-;/m11./s1. The molecule has 2 atom stereocenters. The number of aromatic amines is 2. The zero-order valence-corrected chi connectivity index (χ0v) is 37.2. The van der Waals surface area contributed by atoms with E-state index in [4.69, 9.17) is 36.2 Å². The van der Waals surface area contributed by atoms with Crippen LogP contribution in [0.15, 0.2) is 132 Å². The molecule has 352 valence electrons. The van der Waals surface area contributed by atoms with E-state index in [0.29, 0.717) is 69.5 Å². The minimum Gasteiger partial charge on any atom is -0.478 e. The number of nitrogens with one attached hydrogen (secondary N) is 3. The van der Waals surface area contributed by atoms with Crippen molar-refractivity contribution >= 4 is 45.3 Å². The molecule has 2 fully saturated rings. The van der Waals surface area contributed by atoms with Crippen LogP contribution in [0, 0.1) is 0 Å². The molecule has 1 amide bonds. The van der Waals surface area contributed by atoms with E-state index in [1.165, 1.54) is 6.08 Å². The second-order valence-electron chi connectivity index (χ2n) is 15.8. The molecule has 8 N–H and O–H groups in total. The smallest absolute Gasteiger partial charge is 0.327 e. The van der Waals surface area contributed by atoms with Crippen LogP contribution in [0.4, 0.5) is 11.6 Å². The number of rotatable bonds is 10. The number of carbonyl (C=O) groups excluding carboxylic acids is 1. The Morgan fingerprint density at radius 2 is 1.19 bits per heavy atom. The van der Waals surface area contributed by atoms with Gasteiger partial charge in [0.1, 0.15) is 33.9 Å².